The van der Waals surface area contributed by atoms with Crippen LogP contribution in [0.5, 0.6) is 0 Å². The maximum atomic E-state index is 9.70. The number of hydrogen-bond donors (Lipinski definition) is 2. The highest BCUT2D eigenvalue weighted by Crippen LogP contribution is 1.87. The third kappa shape index (κ3) is 11.5. The van der Waals surface area contributed by atoms with Crippen molar-refractivity contribution in [2.24, 2.45) is 5.92 Å². The zero-order valence-corrected chi connectivity index (χ0v) is 7.50. The predicted molar refractivity (Wildman–Crippen MR) is 44.9 cm³/mol. The average Bonchev–Trinajstić information content (AvgIpc) is 1.88. The van der Waals surface area contributed by atoms with E-state index in [0.29, 0.717) is 0 Å². The Morgan fingerprint density at radius 3 is 1.42 bits per heavy atom. The summed E-state index contributed by atoms with van der Waals surface area (Å²) in [4.78, 5) is 19.3. The molecule has 2 N–H and O–H groups in total. The van der Waals surface area contributed by atoms with E-state index in [9.17, 15) is 9.59 Å². The van der Waals surface area contributed by atoms with Crippen LogP contribution in [0.2, 0.25) is 0 Å². The molecule has 0 unspecified atom stereocenters. The lowest BCUT2D eigenvalue weighted by molar-refractivity contribution is -0.140. The third-order valence-electron chi connectivity index (χ3n) is 0.859. The van der Waals surface area contributed by atoms with Crippen molar-refractivity contribution in [1.82, 2.24) is 0 Å². The van der Waals surface area contributed by atoms with Gasteiger partial charge in [-0.1, -0.05) is 20.4 Å². The molecule has 0 aliphatic carbocycles. The molecule has 12 heavy (non-hydrogen) atoms. The predicted octanol–water partition coefficient (Wildman–Crippen LogP) is 1.37. The first kappa shape index (κ1) is 13.3. The van der Waals surface area contributed by atoms with Crippen LogP contribution in [0, 0.1) is 5.92 Å². The average molecular weight is 174 g/mol. The molecule has 0 aromatic rings. The molecule has 0 amide bonds. The summed E-state index contributed by atoms with van der Waals surface area (Å²) in [7, 11) is 0. The Balaban J connectivity index is 0. The van der Waals surface area contributed by atoms with Crippen LogP contribution in [-0.2, 0) is 9.59 Å². The van der Waals surface area contributed by atoms with Crippen molar-refractivity contribution in [2.45, 2.75) is 20.8 Å². The molecule has 4 nitrogen and oxygen atoms in total. The van der Waals surface area contributed by atoms with Crippen LogP contribution in [-0.4, -0.2) is 22.2 Å². The highest BCUT2D eigenvalue weighted by Gasteiger charge is 1.99. The summed E-state index contributed by atoms with van der Waals surface area (Å²) in [5, 5.41) is 15.9. The molecule has 0 spiro atoms. The summed E-state index contributed by atoms with van der Waals surface area (Å²) in [5.41, 5.74) is 0.176. The van der Waals surface area contributed by atoms with E-state index in [2.05, 4.69) is 6.58 Å². The molecular formula is C8H14O4. The normalized spacial score (nSPS) is 8.33. The molecule has 0 bridgehead atoms. The van der Waals surface area contributed by atoms with Gasteiger partial charge in [0.25, 0.3) is 0 Å². The van der Waals surface area contributed by atoms with Gasteiger partial charge in [-0.3, -0.25) is 4.79 Å². The van der Waals surface area contributed by atoms with Gasteiger partial charge in [0.2, 0.25) is 0 Å². The van der Waals surface area contributed by atoms with Gasteiger partial charge in [-0.2, -0.15) is 0 Å². The summed E-state index contributed by atoms with van der Waals surface area (Å²) in [6, 6.07) is 0. The maximum absolute atomic E-state index is 9.70. The molecule has 70 valence electrons. The van der Waals surface area contributed by atoms with Gasteiger partial charge in [0, 0.05) is 5.57 Å². The first-order valence-electron chi connectivity index (χ1n) is 3.40. The molecule has 0 fully saturated rings. The van der Waals surface area contributed by atoms with Gasteiger partial charge in [-0.25, -0.2) is 4.79 Å². The minimum Gasteiger partial charge on any atom is -0.481 e. The number of rotatable bonds is 2. The lowest BCUT2D eigenvalue weighted by Gasteiger charge is -1.89. The van der Waals surface area contributed by atoms with Gasteiger partial charge in [-0.15, -0.1) is 0 Å². The monoisotopic (exact) mass is 174 g/mol. The van der Waals surface area contributed by atoms with Crippen molar-refractivity contribution in [2.75, 3.05) is 0 Å². The van der Waals surface area contributed by atoms with E-state index in [0.717, 1.165) is 0 Å². The van der Waals surface area contributed by atoms with E-state index in [4.69, 9.17) is 10.2 Å². The number of carboxylic acid groups (broad SMARTS) is 2. The topological polar surface area (TPSA) is 74.6 Å². The summed E-state index contributed by atoms with van der Waals surface area (Å²) in [6.45, 7) is 7.88. The van der Waals surface area contributed by atoms with Gasteiger partial charge >= 0.3 is 11.9 Å². The molecule has 0 saturated carbocycles. The van der Waals surface area contributed by atoms with Crippen LogP contribution >= 0.6 is 0 Å². The first-order chi connectivity index (χ1) is 5.29. The van der Waals surface area contributed by atoms with Gasteiger partial charge < -0.3 is 10.2 Å². The standard InChI is InChI=1S/C4H8O2.C4H6O2/c2*1-3(2)4(5)6/h3H,1-2H3,(H,5,6);1H2,2H3,(H,5,6). The fraction of sp³-hybridized carbons (Fsp3) is 0.500. The van der Waals surface area contributed by atoms with Gasteiger partial charge in [0.1, 0.15) is 0 Å². The lowest BCUT2D eigenvalue weighted by atomic mass is 10.2. The fourth-order valence-corrected chi connectivity index (χ4v) is 0. The highest BCUT2D eigenvalue weighted by molar-refractivity contribution is 5.84. The zero-order valence-electron chi connectivity index (χ0n) is 7.50. The van der Waals surface area contributed by atoms with Crippen molar-refractivity contribution in [3.8, 4) is 0 Å². The van der Waals surface area contributed by atoms with Crippen molar-refractivity contribution >= 4 is 11.9 Å². The molecule has 0 saturated heterocycles. The van der Waals surface area contributed by atoms with Crippen molar-refractivity contribution in [3.63, 3.8) is 0 Å². The zero-order chi connectivity index (χ0) is 10.3. The second kappa shape index (κ2) is 6.39. The lowest BCUT2D eigenvalue weighted by Crippen LogP contribution is -2.03. The quantitative estimate of drug-likeness (QED) is 0.620. The number of carbonyl (C=O) groups is 2. The summed E-state index contributed by atoms with van der Waals surface area (Å²) < 4.78 is 0. The Kier molecular flexibility index (Phi) is 7.08. The Bertz CT molecular complexity index is 169. The van der Waals surface area contributed by atoms with Crippen LogP contribution in [0.15, 0.2) is 12.2 Å². The molecular weight excluding hydrogens is 160 g/mol. The summed E-state index contributed by atoms with van der Waals surface area (Å²) >= 11 is 0. The SMILES string of the molecule is C=C(C)C(=O)O.CC(C)C(=O)O. The van der Waals surface area contributed by atoms with Gasteiger partial charge in [0.05, 0.1) is 5.92 Å². The van der Waals surface area contributed by atoms with E-state index in [1.165, 1.54) is 6.92 Å². The van der Waals surface area contributed by atoms with E-state index < -0.39 is 11.9 Å². The van der Waals surface area contributed by atoms with Gasteiger partial charge in [0.15, 0.2) is 0 Å². The molecule has 0 aliphatic rings. The molecule has 0 heterocycles. The Hall–Kier alpha value is -1.32. The van der Waals surface area contributed by atoms with E-state index in [1.54, 1.807) is 13.8 Å². The second-order valence-electron chi connectivity index (χ2n) is 2.58. The number of carboxylic acids is 2. The van der Waals surface area contributed by atoms with Crippen molar-refractivity contribution in [1.29, 1.82) is 0 Å². The van der Waals surface area contributed by atoms with Crippen LogP contribution in [0.4, 0.5) is 0 Å². The molecule has 0 atom stereocenters. The van der Waals surface area contributed by atoms with E-state index in [-0.39, 0.29) is 11.5 Å². The Labute approximate surface area is 71.5 Å². The highest BCUT2D eigenvalue weighted by atomic mass is 16.4. The van der Waals surface area contributed by atoms with Crippen LogP contribution in [0.3, 0.4) is 0 Å². The largest absolute Gasteiger partial charge is 0.481 e. The number of aliphatic carboxylic acids is 2. The Morgan fingerprint density at radius 2 is 1.42 bits per heavy atom. The summed E-state index contributed by atoms with van der Waals surface area (Å²) in [5.74, 6) is -1.91. The van der Waals surface area contributed by atoms with E-state index >= 15 is 0 Å². The second-order valence-corrected chi connectivity index (χ2v) is 2.58. The molecule has 0 aromatic carbocycles. The fourth-order valence-electron chi connectivity index (χ4n) is 0. The smallest absolute Gasteiger partial charge is 0.330 e. The van der Waals surface area contributed by atoms with Crippen LogP contribution in [0.1, 0.15) is 20.8 Å². The molecule has 0 aliphatic heterocycles. The minimum absolute atomic E-state index is 0.176. The molecule has 0 rings (SSSR count). The van der Waals surface area contributed by atoms with Crippen LogP contribution in [0.25, 0.3) is 0 Å². The van der Waals surface area contributed by atoms with Crippen LogP contribution < -0.4 is 0 Å². The molecule has 0 aromatic heterocycles. The van der Waals surface area contributed by atoms with Crippen molar-refractivity contribution < 1.29 is 19.8 Å². The Morgan fingerprint density at radius 1 is 1.25 bits per heavy atom. The summed E-state index contributed by atoms with van der Waals surface area (Å²) in [6.07, 6.45) is 0. The number of hydrogen-bond acceptors (Lipinski definition) is 2. The minimum atomic E-state index is -0.935. The maximum Gasteiger partial charge on any atom is 0.330 e. The molecule has 4 heteroatoms. The third-order valence-corrected chi connectivity index (χ3v) is 0.859. The van der Waals surface area contributed by atoms with Crippen molar-refractivity contribution in [3.05, 3.63) is 12.2 Å². The first-order valence-corrected chi connectivity index (χ1v) is 3.40. The van der Waals surface area contributed by atoms with Gasteiger partial charge in [-0.05, 0) is 6.92 Å². The van der Waals surface area contributed by atoms with E-state index in [1.807, 2.05) is 0 Å². The molecule has 0 radical (unpaired) electrons.